The molecule has 3 rings (SSSR count). The van der Waals surface area contributed by atoms with Crippen LogP contribution in [0.25, 0.3) is 10.8 Å². The smallest absolute Gasteiger partial charge is 0.120 e. The lowest BCUT2D eigenvalue weighted by Gasteiger charge is -2.10. The van der Waals surface area contributed by atoms with Gasteiger partial charge in [0.05, 0.1) is 0 Å². The van der Waals surface area contributed by atoms with Crippen LogP contribution in [-0.4, -0.2) is 0 Å². The van der Waals surface area contributed by atoms with Crippen LogP contribution < -0.4 is 4.74 Å². The Kier molecular flexibility index (Phi) is 3.42. The minimum Gasteiger partial charge on any atom is -0.489 e. The maximum atomic E-state index is 5.96. The molecular formula is C19H18O. The van der Waals surface area contributed by atoms with Crippen LogP contribution in [0, 0.1) is 13.8 Å². The van der Waals surface area contributed by atoms with Crippen molar-refractivity contribution in [2.24, 2.45) is 0 Å². The van der Waals surface area contributed by atoms with Gasteiger partial charge in [0.15, 0.2) is 0 Å². The third-order valence-corrected chi connectivity index (χ3v) is 3.47. The maximum Gasteiger partial charge on any atom is 0.120 e. The van der Waals surface area contributed by atoms with Crippen molar-refractivity contribution in [1.82, 2.24) is 0 Å². The molecule has 0 aromatic heterocycles. The zero-order chi connectivity index (χ0) is 13.9. The molecule has 0 aliphatic heterocycles. The average molecular weight is 262 g/mol. The highest BCUT2D eigenvalue weighted by Gasteiger charge is 2.02. The summed E-state index contributed by atoms with van der Waals surface area (Å²) in [5, 5.41) is 2.52. The van der Waals surface area contributed by atoms with E-state index in [2.05, 4.69) is 74.5 Å². The first kappa shape index (κ1) is 12.7. The SMILES string of the molecule is Cc1cc(C)cc(OCc2cccc3ccccc23)c1. The predicted octanol–water partition coefficient (Wildman–Crippen LogP) is 5.04. The fourth-order valence-electron chi connectivity index (χ4n) is 2.60. The van der Waals surface area contributed by atoms with Crippen molar-refractivity contribution in [1.29, 1.82) is 0 Å². The summed E-state index contributed by atoms with van der Waals surface area (Å²) in [4.78, 5) is 0. The molecule has 0 radical (unpaired) electrons. The lowest BCUT2D eigenvalue weighted by Crippen LogP contribution is -1.97. The molecule has 0 bridgehead atoms. The van der Waals surface area contributed by atoms with E-state index in [1.807, 2.05) is 0 Å². The van der Waals surface area contributed by atoms with Crippen molar-refractivity contribution in [2.45, 2.75) is 20.5 Å². The molecule has 3 aromatic carbocycles. The fourth-order valence-corrected chi connectivity index (χ4v) is 2.60. The minimum absolute atomic E-state index is 0.601. The Hall–Kier alpha value is -2.28. The van der Waals surface area contributed by atoms with Gasteiger partial charge in [0.2, 0.25) is 0 Å². The Morgan fingerprint density at radius 1 is 0.800 bits per heavy atom. The molecule has 0 unspecified atom stereocenters. The lowest BCUT2D eigenvalue weighted by atomic mass is 10.1. The monoisotopic (exact) mass is 262 g/mol. The first-order valence-electron chi connectivity index (χ1n) is 6.90. The van der Waals surface area contributed by atoms with E-state index >= 15 is 0 Å². The van der Waals surface area contributed by atoms with Crippen molar-refractivity contribution in [3.63, 3.8) is 0 Å². The number of rotatable bonds is 3. The molecule has 20 heavy (non-hydrogen) atoms. The lowest BCUT2D eigenvalue weighted by molar-refractivity contribution is 0.307. The molecule has 0 saturated carbocycles. The van der Waals surface area contributed by atoms with Gasteiger partial charge in [-0.1, -0.05) is 48.5 Å². The number of hydrogen-bond acceptors (Lipinski definition) is 1. The Labute approximate surface area is 119 Å². The topological polar surface area (TPSA) is 9.23 Å². The zero-order valence-corrected chi connectivity index (χ0v) is 11.9. The van der Waals surface area contributed by atoms with E-state index in [1.165, 1.54) is 27.5 Å². The Bertz CT molecular complexity index is 718. The number of ether oxygens (including phenoxy) is 1. The van der Waals surface area contributed by atoms with Crippen molar-refractivity contribution < 1.29 is 4.74 Å². The molecule has 0 heterocycles. The molecule has 1 heteroatoms. The second-order valence-corrected chi connectivity index (χ2v) is 5.25. The molecular weight excluding hydrogens is 244 g/mol. The molecule has 0 amide bonds. The minimum atomic E-state index is 0.601. The Balaban J connectivity index is 1.87. The second-order valence-electron chi connectivity index (χ2n) is 5.25. The van der Waals surface area contributed by atoms with E-state index in [4.69, 9.17) is 4.74 Å². The van der Waals surface area contributed by atoms with Gasteiger partial charge < -0.3 is 4.74 Å². The molecule has 0 fully saturated rings. The van der Waals surface area contributed by atoms with Gasteiger partial charge in [-0.05, 0) is 53.4 Å². The van der Waals surface area contributed by atoms with Crippen LogP contribution in [0.2, 0.25) is 0 Å². The molecule has 100 valence electrons. The molecule has 3 aromatic rings. The van der Waals surface area contributed by atoms with Crippen molar-refractivity contribution in [2.75, 3.05) is 0 Å². The van der Waals surface area contributed by atoms with Crippen LogP contribution in [-0.2, 0) is 6.61 Å². The largest absolute Gasteiger partial charge is 0.489 e. The molecule has 0 aliphatic carbocycles. The van der Waals surface area contributed by atoms with Gasteiger partial charge in [-0.2, -0.15) is 0 Å². The molecule has 0 spiro atoms. The van der Waals surface area contributed by atoms with Crippen molar-refractivity contribution in [3.05, 3.63) is 77.4 Å². The van der Waals surface area contributed by atoms with Gasteiger partial charge in [-0.15, -0.1) is 0 Å². The average Bonchev–Trinajstić information content (AvgIpc) is 2.44. The summed E-state index contributed by atoms with van der Waals surface area (Å²) in [7, 11) is 0. The van der Waals surface area contributed by atoms with Crippen molar-refractivity contribution >= 4 is 10.8 Å². The fraction of sp³-hybridized carbons (Fsp3) is 0.158. The summed E-state index contributed by atoms with van der Waals surface area (Å²) in [5.41, 5.74) is 3.69. The first-order chi connectivity index (χ1) is 9.72. The van der Waals surface area contributed by atoms with Crippen LogP contribution in [0.5, 0.6) is 5.75 Å². The molecule has 1 nitrogen and oxygen atoms in total. The van der Waals surface area contributed by atoms with E-state index in [9.17, 15) is 0 Å². The number of benzene rings is 3. The summed E-state index contributed by atoms with van der Waals surface area (Å²) < 4.78 is 5.96. The normalized spacial score (nSPS) is 10.7. The van der Waals surface area contributed by atoms with Crippen LogP contribution in [0.4, 0.5) is 0 Å². The van der Waals surface area contributed by atoms with Crippen LogP contribution in [0.3, 0.4) is 0 Å². The first-order valence-corrected chi connectivity index (χ1v) is 6.90. The van der Waals surface area contributed by atoms with Crippen LogP contribution in [0.1, 0.15) is 16.7 Å². The second kappa shape index (κ2) is 5.38. The van der Waals surface area contributed by atoms with Gasteiger partial charge in [0, 0.05) is 0 Å². The molecule has 0 aliphatic rings. The quantitative estimate of drug-likeness (QED) is 0.643. The number of hydrogen-bond donors (Lipinski definition) is 0. The summed E-state index contributed by atoms with van der Waals surface area (Å²) in [6.45, 7) is 4.79. The van der Waals surface area contributed by atoms with Gasteiger partial charge >= 0.3 is 0 Å². The van der Waals surface area contributed by atoms with E-state index < -0.39 is 0 Å². The number of fused-ring (bicyclic) bond motifs is 1. The highest BCUT2D eigenvalue weighted by Crippen LogP contribution is 2.22. The molecule has 0 saturated heterocycles. The third-order valence-electron chi connectivity index (χ3n) is 3.47. The Morgan fingerprint density at radius 2 is 1.50 bits per heavy atom. The van der Waals surface area contributed by atoms with Gasteiger partial charge in [-0.25, -0.2) is 0 Å². The predicted molar refractivity (Wildman–Crippen MR) is 84.2 cm³/mol. The van der Waals surface area contributed by atoms with Gasteiger partial charge in [-0.3, -0.25) is 0 Å². The highest BCUT2D eigenvalue weighted by atomic mass is 16.5. The van der Waals surface area contributed by atoms with Gasteiger partial charge in [0.25, 0.3) is 0 Å². The van der Waals surface area contributed by atoms with Crippen molar-refractivity contribution in [3.8, 4) is 5.75 Å². The Morgan fingerprint density at radius 3 is 2.30 bits per heavy atom. The summed E-state index contributed by atoms with van der Waals surface area (Å²) >= 11 is 0. The zero-order valence-electron chi connectivity index (χ0n) is 11.9. The molecule has 0 N–H and O–H groups in total. The van der Waals surface area contributed by atoms with Crippen LogP contribution in [0.15, 0.2) is 60.7 Å². The van der Waals surface area contributed by atoms with E-state index in [0.717, 1.165) is 5.75 Å². The standard InChI is InChI=1S/C19H18O/c1-14-10-15(2)12-18(11-14)20-13-17-8-5-7-16-6-3-4-9-19(16)17/h3-12H,13H2,1-2H3. The van der Waals surface area contributed by atoms with Crippen LogP contribution >= 0.6 is 0 Å². The number of aryl methyl sites for hydroxylation is 2. The summed E-state index contributed by atoms with van der Waals surface area (Å²) in [5.74, 6) is 0.940. The summed E-state index contributed by atoms with van der Waals surface area (Å²) in [6.07, 6.45) is 0. The van der Waals surface area contributed by atoms with Gasteiger partial charge in [0.1, 0.15) is 12.4 Å². The maximum absolute atomic E-state index is 5.96. The summed E-state index contributed by atoms with van der Waals surface area (Å²) in [6, 6.07) is 21.1. The molecule has 0 atom stereocenters. The third kappa shape index (κ3) is 2.67. The van der Waals surface area contributed by atoms with E-state index in [1.54, 1.807) is 0 Å². The van der Waals surface area contributed by atoms with E-state index in [0.29, 0.717) is 6.61 Å². The van der Waals surface area contributed by atoms with E-state index in [-0.39, 0.29) is 0 Å². The highest BCUT2D eigenvalue weighted by molar-refractivity contribution is 5.85.